The molecular weight excluding hydrogens is 260 g/mol. The van der Waals surface area contributed by atoms with E-state index < -0.39 is 12.1 Å². The predicted molar refractivity (Wildman–Crippen MR) is 68.8 cm³/mol. The van der Waals surface area contributed by atoms with Gasteiger partial charge in [0.25, 0.3) is 0 Å². The van der Waals surface area contributed by atoms with Gasteiger partial charge in [0.05, 0.1) is 12.0 Å². The lowest BCUT2D eigenvalue weighted by Crippen LogP contribution is -2.28. The molecule has 3 rings (SSSR count). The summed E-state index contributed by atoms with van der Waals surface area (Å²) in [5.74, 6) is -0.896. The van der Waals surface area contributed by atoms with Crippen LogP contribution in [-0.4, -0.2) is 35.9 Å². The average molecular weight is 276 g/mol. The summed E-state index contributed by atoms with van der Waals surface area (Å²) in [4.78, 5) is 23.3. The Morgan fingerprint density at radius 2 is 2.10 bits per heavy atom. The minimum Gasteiger partial charge on any atom is -0.462 e. The van der Waals surface area contributed by atoms with Crippen LogP contribution in [0.4, 0.5) is 0 Å². The molecule has 20 heavy (non-hydrogen) atoms. The predicted octanol–water partition coefficient (Wildman–Crippen LogP) is 1.16. The van der Waals surface area contributed by atoms with Crippen molar-refractivity contribution in [2.24, 2.45) is 11.8 Å². The summed E-state index contributed by atoms with van der Waals surface area (Å²) in [6, 6.07) is 8.74. The van der Waals surface area contributed by atoms with E-state index in [4.69, 9.17) is 9.47 Å². The molecule has 2 fully saturated rings. The van der Waals surface area contributed by atoms with Crippen molar-refractivity contribution in [3.05, 3.63) is 35.9 Å². The minimum atomic E-state index is -0.402. The van der Waals surface area contributed by atoms with Gasteiger partial charge in [0, 0.05) is 24.9 Å². The molecule has 1 aliphatic heterocycles. The first-order valence-corrected chi connectivity index (χ1v) is 6.75. The quantitative estimate of drug-likeness (QED) is 0.839. The van der Waals surface area contributed by atoms with Crippen LogP contribution in [-0.2, 0) is 14.3 Å². The second kappa shape index (κ2) is 5.25. The smallest absolute Gasteiger partial charge is 0.338 e. The second-order valence-electron chi connectivity index (χ2n) is 5.29. The van der Waals surface area contributed by atoms with Crippen molar-refractivity contribution in [1.82, 2.24) is 0 Å². The van der Waals surface area contributed by atoms with E-state index in [1.807, 2.05) is 6.07 Å². The molecule has 0 radical (unpaired) electrons. The van der Waals surface area contributed by atoms with E-state index in [0.29, 0.717) is 18.4 Å². The molecule has 1 saturated carbocycles. The molecule has 5 heteroatoms. The standard InChI is InChI=1S/C15H16O5/c16-8-11-10-6-14(17)19-12(10)7-13(11)20-15(18)9-4-2-1-3-5-9/h1-5,10-13,16H,6-8H2/t10-,11+,12-,13-/m0/s1. The van der Waals surface area contributed by atoms with E-state index in [0.717, 1.165) is 0 Å². The Morgan fingerprint density at radius 3 is 2.80 bits per heavy atom. The van der Waals surface area contributed by atoms with E-state index in [9.17, 15) is 14.7 Å². The Bertz CT molecular complexity index is 512. The molecule has 1 heterocycles. The second-order valence-corrected chi connectivity index (χ2v) is 5.29. The van der Waals surface area contributed by atoms with Gasteiger partial charge in [0.2, 0.25) is 0 Å². The molecule has 1 N–H and O–H groups in total. The van der Waals surface area contributed by atoms with Crippen LogP contribution >= 0.6 is 0 Å². The first kappa shape index (κ1) is 13.1. The van der Waals surface area contributed by atoms with Crippen LogP contribution in [0.5, 0.6) is 0 Å². The zero-order chi connectivity index (χ0) is 14.1. The Labute approximate surface area is 116 Å². The molecule has 1 aliphatic carbocycles. The van der Waals surface area contributed by atoms with Gasteiger partial charge in [0.15, 0.2) is 0 Å². The minimum absolute atomic E-state index is 0.0407. The SMILES string of the molecule is O=C1C[C@H]2[C@@H](CO)[C@@H](OC(=O)c3ccccc3)C[C@@H]2O1. The van der Waals surface area contributed by atoms with E-state index in [1.54, 1.807) is 24.3 Å². The summed E-state index contributed by atoms with van der Waals surface area (Å²) in [6.45, 7) is -0.107. The van der Waals surface area contributed by atoms with Crippen molar-refractivity contribution in [1.29, 1.82) is 0 Å². The summed E-state index contributed by atoms with van der Waals surface area (Å²) in [6.07, 6.45) is 0.152. The van der Waals surface area contributed by atoms with Gasteiger partial charge < -0.3 is 14.6 Å². The number of aliphatic hydroxyl groups excluding tert-OH is 1. The number of aliphatic hydroxyl groups is 1. The molecule has 0 amide bonds. The highest BCUT2D eigenvalue weighted by Crippen LogP contribution is 2.42. The molecule has 0 unspecified atom stereocenters. The average Bonchev–Trinajstić information content (AvgIpc) is 2.95. The summed E-state index contributed by atoms with van der Waals surface area (Å²) in [5.41, 5.74) is 0.484. The molecule has 0 aromatic heterocycles. The van der Waals surface area contributed by atoms with Crippen LogP contribution in [0, 0.1) is 11.8 Å². The zero-order valence-corrected chi connectivity index (χ0v) is 10.9. The van der Waals surface area contributed by atoms with Crippen molar-refractivity contribution in [2.45, 2.75) is 25.0 Å². The van der Waals surface area contributed by atoms with Crippen molar-refractivity contribution >= 4 is 11.9 Å². The fourth-order valence-corrected chi connectivity index (χ4v) is 3.13. The number of hydrogen-bond donors (Lipinski definition) is 1. The van der Waals surface area contributed by atoms with Gasteiger partial charge in [-0.1, -0.05) is 18.2 Å². The molecule has 0 spiro atoms. The van der Waals surface area contributed by atoms with Crippen molar-refractivity contribution < 1.29 is 24.2 Å². The maximum atomic E-state index is 12.0. The largest absolute Gasteiger partial charge is 0.462 e. The number of fused-ring (bicyclic) bond motifs is 1. The van der Waals surface area contributed by atoms with Gasteiger partial charge >= 0.3 is 11.9 Å². The van der Waals surface area contributed by atoms with Gasteiger partial charge in [-0.2, -0.15) is 0 Å². The first-order valence-electron chi connectivity index (χ1n) is 6.75. The normalized spacial score (nSPS) is 31.8. The maximum absolute atomic E-state index is 12.0. The number of carbonyl (C=O) groups excluding carboxylic acids is 2. The van der Waals surface area contributed by atoms with Crippen LogP contribution in [0.3, 0.4) is 0 Å². The molecule has 1 aromatic rings. The lowest BCUT2D eigenvalue weighted by atomic mass is 9.93. The fourth-order valence-electron chi connectivity index (χ4n) is 3.13. The fraction of sp³-hybridized carbons (Fsp3) is 0.467. The van der Waals surface area contributed by atoms with Gasteiger partial charge in [-0.05, 0) is 12.1 Å². The van der Waals surface area contributed by atoms with Gasteiger partial charge in [0.1, 0.15) is 12.2 Å². The van der Waals surface area contributed by atoms with Crippen molar-refractivity contribution in [3.63, 3.8) is 0 Å². The van der Waals surface area contributed by atoms with Crippen LogP contribution in [0.15, 0.2) is 30.3 Å². The number of benzene rings is 1. The topological polar surface area (TPSA) is 72.8 Å². The number of hydrogen-bond acceptors (Lipinski definition) is 5. The first-order chi connectivity index (χ1) is 9.69. The summed E-state index contributed by atoms with van der Waals surface area (Å²) < 4.78 is 10.7. The summed E-state index contributed by atoms with van der Waals surface area (Å²) >= 11 is 0. The van der Waals surface area contributed by atoms with E-state index in [1.165, 1.54) is 0 Å². The van der Waals surface area contributed by atoms with E-state index in [-0.39, 0.29) is 30.5 Å². The third kappa shape index (κ3) is 2.29. The molecule has 1 saturated heterocycles. The monoisotopic (exact) mass is 276 g/mol. The van der Waals surface area contributed by atoms with Gasteiger partial charge in [-0.3, -0.25) is 4.79 Å². The highest BCUT2D eigenvalue weighted by molar-refractivity contribution is 5.89. The van der Waals surface area contributed by atoms with Crippen LogP contribution in [0.1, 0.15) is 23.2 Å². The Morgan fingerprint density at radius 1 is 1.35 bits per heavy atom. The Balaban J connectivity index is 1.69. The highest BCUT2D eigenvalue weighted by atomic mass is 16.6. The maximum Gasteiger partial charge on any atom is 0.338 e. The lowest BCUT2D eigenvalue weighted by molar-refractivity contribution is -0.141. The van der Waals surface area contributed by atoms with E-state index in [2.05, 4.69) is 0 Å². The zero-order valence-electron chi connectivity index (χ0n) is 10.9. The third-order valence-corrected chi connectivity index (χ3v) is 4.13. The molecular formula is C15H16O5. The number of ether oxygens (including phenoxy) is 2. The molecule has 0 bridgehead atoms. The number of rotatable bonds is 3. The Kier molecular flexibility index (Phi) is 3.44. The van der Waals surface area contributed by atoms with E-state index >= 15 is 0 Å². The van der Waals surface area contributed by atoms with Crippen LogP contribution in [0.25, 0.3) is 0 Å². The lowest BCUT2D eigenvalue weighted by Gasteiger charge is -2.20. The molecule has 1 aromatic carbocycles. The Hall–Kier alpha value is -1.88. The van der Waals surface area contributed by atoms with Crippen LogP contribution < -0.4 is 0 Å². The van der Waals surface area contributed by atoms with Gasteiger partial charge in [-0.15, -0.1) is 0 Å². The third-order valence-electron chi connectivity index (χ3n) is 4.13. The highest BCUT2D eigenvalue weighted by Gasteiger charge is 2.51. The summed E-state index contributed by atoms with van der Waals surface area (Å²) in [7, 11) is 0. The molecule has 5 nitrogen and oxygen atoms in total. The van der Waals surface area contributed by atoms with Crippen molar-refractivity contribution in [2.75, 3.05) is 6.61 Å². The number of esters is 2. The molecule has 2 aliphatic rings. The summed E-state index contributed by atoms with van der Waals surface area (Å²) in [5, 5.41) is 9.50. The van der Waals surface area contributed by atoms with Gasteiger partial charge in [-0.25, -0.2) is 4.79 Å². The van der Waals surface area contributed by atoms with Crippen molar-refractivity contribution in [3.8, 4) is 0 Å². The van der Waals surface area contributed by atoms with Crippen LogP contribution in [0.2, 0.25) is 0 Å². The number of carbonyl (C=O) groups is 2. The molecule has 106 valence electrons. The molecule has 4 atom stereocenters.